The summed E-state index contributed by atoms with van der Waals surface area (Å²) in [5.41, 5.74) is 0. The van der Waals surface area contributed by atoms with Crippen molar-refractivity contribution in [1.82, 2.24) is 15.5 Å². The monoisotopic (exact) mass is 293 g/mol. The van der Waals surface area contributed by atoms with E-state index >= 15 is 0 Å². The molecule has 2 N–H and O–H groups in total. The van der Waals surface area contributed by atoms with E-state index in [1.54, 1.807) is 6.92 Å². The highest BCUT2D eigenvalue weighted by Gasteiger charge is 2.36. The Labute approximate surface area is 124 Å². The van der Waals surface area contributed by atoms with Crippen molar-refractivity contribution in [1.29, 1.82) is 0 Å². The van der Waals surface area contributed by atoms with Gasteiger partial charge in [-0.15, -0.1) is 0 Å². The van der Waals surface area contributed by atoms with E-state index in [1.807, 2.05) is 24.1 Å². The molecule has 2 atom stereocenters. The molecule has 0 bridgehead atoms. The summed E-state index contributed by atoms with van der Waals surface area (Å²) >= 11 is 0. The van der Waals surface area contributed by atoms with Gasteiger partial charge in [0.15, 0.2) is 0 Å². The van der Waals surface area contributed by atoms with Crippen molar-refractivity contribution in [2.24, 2.45) is 5.92 Å². The van der Waals surface area contributed by atoms with E-state index in [0.29, 0.717) is 24.9 Å². The number of nitrogens with zero attached hydrogens (tertiary/aromatic N) is 1. The lowest BCUT2D eigenvalue weighted by Gasteiger charge is -2.14. The van der Waals surface area contributed by atoms with Gasteiger partial charge in [-0.3, -0.25) is 15.0 Å². The van der Waals surface area contributed by atoms with Gasteiger partial charge in [-0.1, -0.05) is 6.92 Å². The van der Waals surface area contributed by atoms with Gasteiger partial charge in [0.05, 0.1) is 13.1 Å². The highest BCUT2D eigenvalue weighted by Crippen LogP contribution is 2.47. The average molecular weight is 293 g/mol. The minimum Gasteiger partial charge on any atom is -0.464 e. The number of imide groups is 1. The van der Waals surface area contributed by atoms with Crippen molar-refractivity contribution in [3.8, 4) is 0 Å². The van der Waals surface area contributed by atoms with Crippen LogP contribution in [0, 0.1) is 5.92 Å². The molecule has 2 rings (SSSR count). The Morgan fingerprint density at radius 1 is 1.43 bits per heavy atom. The summed E-state index contributed by atoms with van der Waals surface area (Å²) in [5.74, 6) is 2.83. The fourth-order valence-corrected chi connectivity index (χ4v) is 2.34. The second-order valence-electron chi connectivity index (χ2n) is 5.70. The van der Waals surface area contributed by atoms with Crippen molar-refractivity contribution in [2.75, 3.05) is 20.1 Å². The predicted octanol–water partition coefficient (Wildman–Crippen LogP) is 1.68. The van der Waals surface area contributed by atoms with E-state index in [2.05, 4.69) is 17.6 Å². The molecule has 0 radical (unpaired) electrons. The number of carbonyl (C=O) groups is 2. The molecule has 6 nitrogen and oxygen atoms in total. The first-order valence-electron chi connectivity index (χ1n) is 7.34. The number of urea groups is 1. The molecule has 1 aromatic rings. The third-order valence-corrected chi connectivity index (χ3v) is 3.59. The van der Waals surface area contributed by atoms with E-state index in [9.17, 15) is 9.59 Å². The van der Waals surface area contributed by atoms with Gasteiger partial charge in [0.1, 0.15) is 11.5 Å². The standard InChI is InChI=1S/C15H23N3O3/c1-4-16-15(20)17-14(19)9-18(3)8-11-5-6-13(21-11)12-7-10(12)2/h5-6,10,12H,4,7-9H2,1-3H3,(H2,16,17,19,20)/t10-,12+/m0/s1. The van der Waals surface area contributed by atoms with Gasteiger partial charge in [0.25, 0.3) is 0 Å². The normalized spacial score (nSPS) is 20.4. The van der Waals surface area contributed by atoms with Crippen molar-refractivity contribution in [3.05, 3.63) is 23.7 Å². The van der Waals surface area contributed by atoms with Crippen LogP contribution in [0.2, 0.25) is 0 Å². The second-order valence-corrected chi connectivity index (χ2v) is 5.70. The molecule has 1 aliphatic carbocycles. The Balaban J connectivity index is 1.76. The number of amides is 3. The summed E-state index contributed by atoms with van der Waals surface area (Å²) in [6.45, 7) is 5.19. The Morgan fingerprint density at radius 3 is 2.76 bits per heavy atom. The predicted molar refractivity (Wildman–Crippen MR) is 78.8 cm³/mol. The van der Waals surface area contributed by atoms with Gasteiger partial charge in [-0.2, -0.15) is 0 Å². The lowest BCUT2D eigenvalue weighted by Crippen LogP contribution is -2.43. The number of likely N-dealkylation sites (N-methyl/N-ethyl adjacent to an activating group) is 1. The van der Waals surface area contributed by atoms with E-state index in [4.69, 9.17) is 4.42 Å². The molecule has 3 amide bonds. The zero-order valence-corrected chi connectivity index (χ0v) is 12.8. The summed E-state index contributed by atoms with van der Waals surface area (Å²) in [5, 5.41) is 4.79. The summed E-state index contributed by atoms with van der Waals surface area (Å²) < 4.78 is 5.80. The number of carbonyl (C=O) groups excluding carboxylic acids is 2. The second kappa shape index (κ2) is 6.76. The quantitative estimate of drug-likeness (QED) is 0.837. The summed E-state index contributed by atoms with van der Waals surface area (Å²) in [6.07, 6.45) is 1.19. The molecule has 6 heteroatoms. The Hall–Kier alpha value is -1.82. The molecule has 21 heavy (non-hydrogen) atoms. The molecule has 0 spiro atoms. The van der Waals surface area contributed by atoms with Gasteiger partial charge < -0.3 is 9.73 Å². The van der Waals surface area contributed by atoms with Crippen LogP contribution in [0.15, 0.2) is 16.5 Å². The highest BCUT2D eigenvalue weighted by molar-refractivity contribution is 5.95. The number of nitrogens with one attached hydrogen (secondary N) is 2. The molecular weight excluding hydrogens is 270 g/mol. The number of hydrogen-bond acceptors (Lipinski definition) is 4. The Morgan fingerprint density at radius 2 is 2.14 bits per heavy atom. The third kappa shape index (κ3) is 4.60. The molecule has 116 valence electrons. The largest absolute Gasteiger partial charge is 0.464 e. The summed E-state index contributed by atoms with van der Waals surface area (Å²) in [4.78, 5) is 24.7. The summed E-state index contributed by atoms with van der Waals surface area (Å²) in [7, 11) is 1.82. The lowest BCUT2D eigenvalue weighted by molar-refractivity contribution is -0.121. The lowest BCUT2D eigenvalue weighted by atomic mass is 10.3. The van der Waals surface area contributed by atoms with E-state index in [1.165, 1.54) is 6.42 Å². The van der Waals surface area contributed by atoms with Crippen LogP contribution in [0.1, 0.15) is 37.7 Å². The number of rotatable bonds is 6. The van der Waals surface area contributed by atoms with Gasteiger partial charge in [-0.25, -0.2) is 4.79 Å². The van der Waals surface area contributed by atoms with E-state index in [-0.39, 0.29) is 12.5 Å². The molecule has 1 aliphatic rings. The first kappa shape index (κ1) is 15.6. The minimum atomic E-state index is -0.459. The Kier molecular flexibility index (Phi) is 5.01. The van der Waals surface area contributed by atoms with Crippen molar-refractivity contribution in [3.63, 3.8) is 0 Å². The van der Waals surface area contributed by atoms with Gasteiger partial charge >= 0.3 is 6.03 Å². The van der Waals surface area contributed by atoms with Crippen LogP contribution in [-0.4, -0.2) is 37.0 Å². The molecule has 0 aromatic carbocycles. The fraction of sp³-hybridized carbons (Fsp3) is 0.600. The maximum Gasteiger partial charge on any atom is 0.321 e. The van der Waals surface area contributed by atoms with Crippen LogP contribution >= 0.6 is 0 Å². The molecular formula is C15H23N3O3. The molecule has 1 heterocycles. The van der Waals surface area contributed by atoms with Crippen LogP contribution in [-0.2, 0) is 11.3 Å². The van der Waals surface area contributed by atoms with Gasteiger partial charge in [0, 0.05) is 12.5 Å². The Bertz CT molecular complexity index is 512. The maximum absolute atomic E-state index is 11.7. The van der Waals surface area contributed by atoms with Crippen LogP contribution in [0.25, 0.3) is 0 Å². The fourth-order valence-electron chi connectivity index (χ4n) is 2.34. The zero-order chi connectivity index (χ0) is 15.4. The van der Waals surface area contributed by atoms with E-state index in [0.717, 1.165) is 11.5 Å². The van der Waals surface area contributed by atoms with Crippen molar-refractivity contribution < 1.29 is 14.0 Å². The molecule has 0 unspecified atom stereocenters. The van der Waals surface area contributed by atoms with Gasteiger partial charge in [-0.05, 0) is 38.4 Å². The van der Waals surface area contributed by atoms with Crippen LogP contribution < -0.4 is 10.6 Å². The van der Waals surface area contributed by atoms with Crippen LogP contribution in [0.5, 0.6) is 0 Å². The smallest absolute Gasteiger partial charge is 0.321 e. The van der Waals surface area contributed by atoms with Gasteiger partial charge in [0.2, 0.25) is 5.91 Å². The number of furan rings is 1. The third-order valence-electron chi connectivity index (χ3n) is 3.59. The maximum atomic E-state index is 11.7. The summed E-state index contributed by atoms with van der Waals surface area (Å²) in [6, 6.07) is 3.52. The topological polar surface area (TPSA) is 74.6 Å². The molecule has 1 fully saturated rings. The van der Waals surface area contributed by atoms with Crippen LogP contribution in [0.3, 0.4) is 0 Å². The highest BCUT2D eigenvalue weighted by atomic mass is 16.3. The SMILES string of the molecule is CCNC(=O)NC(=O)CN(C)Cc1ccc([C@@H]2C[C@@H]2C)o1. The molecule has 1 aromatic heterocycles. The average Bonchev–Trinajstić information content (AvgIpc) is 2.94. The first-order valence-corrected chi connectivity index (χ1v) is 7.34. The van der Waals surface area contributed by atoms with Crippen molar-refractivity contribution in [2.45, 2.75) is 32.7 Å². The molecule has 0 aliphatic heterocycles. The number of hydrogen-bond donors (Lipinski definition) is 2. The van der Waals surface area contributed by atoms with E-state index < -0.39 is 6.03 Å². The molecule has 1 saturated carbocycles. The first-order chi connectivity index (χ1) is 9.99. The minimum absolute atomic E-state index is 0.146. The molecule has 0 saturated heterocycles. The zero-order valence-electron chi connectivity index (χ0n) is 12.8. The van der Waals surface area contributed by atoms with Crippen molar-refractivity contribution >= 4 is 11.9 Å². The van der Waals surface area contributed by atoms with Crippen LogP contribution in [0.4, 0.5) is 4.79 Å².